The summed E-state index contributed by atoms with van der Waals surface area (Å²) in [6.45, 7) is 1.92. The van der Waals surface area contributed by atoms with Gasteiger partial charge in [0.2, 0.25) is 0 Å². The van der Waals surface area contributed by atoms with Crippen LogP contribution in [0, 0.1) is 5.92 Å². The Kier molecular flexibility index (Phi) is 4.82. The first-order valence-electron chi connectivity index (χ1n) is 9.77. The molecular formula is C21H30N2O3. The van der Waals surface area contributed by atoms with Gasteiger partial charge >= 0.3 is 0 Å². The molecule has 0 bridgehead atoms. The largest absolute Gasteiger partial charge is 0.493 e. The molecule has 0 spiro atoms. The van der Waals surface area contributed by atoms with E-state index in [1.165, 1.54) is 30.5 Å². The molecule has 1 aromatic rings. The Morgan fingerprint density at radius 2 is 1.96 bits per heavy atom. The third-order valence-electron chi connectivity index (χ3n) is 6.53. The number of oxime groups is 1. The Balaban J connectivity index is 1.56. The molecule has 0 aromatic heterocycles. The fourth-order valence-electron chi connectivity index (χ4n) is 4.68. The maximum absolute atomic E-state index is 5.62. The highest BCUT2D eigenvalue weighted by Crippen LogP contribution is 2.49. The first kappa shape index (κ1) is 17.7. The minimum Gasteiger partial charge on any atom is -0.493 e. The average Bonchev–Trinajstić information content (AvgIpc) is 3.44. The van der Waals surface area contributed by atoms with E-state index in [2.05, 4.69) is 29.2 Å². The first-order chi connectivity index (χ1) is 12.7. The lowest BCUT2D eigenvalue weighted by Crippen LogP contribution is -2.46. The van der Waals surface area contributed by atoms with Gasteiger partial charge in [0.15, 0.2) is 11.5 Å². The molecule has 1 aliphatic heterocycles. The van der Waals surface area contributed by atoms with Gasteiger partial charge in [-0.15, -0.1) is 0 Å². The Morgan fingerprint density at radius 3 is 2.69 bits per heavy atom. The summed E-state index contributed by atoms with van der Waals surface area (Å²) in [4.78, 5) is 8.11. The van der Waals surface area contributed by atoms with Gasteiger partial charge in [0.1, 0.15) is 6.61 Å². The van der Waals surface area contributed by atoms with E-state index in [0.717, 1.165) is 49.8 Å². The average molecular weight is 358 g/mol. The number of hydrogen-bond donors (Lipinski definition) is 0. The molecular weight excluding hydrogens is 328 g/mol. The minimum absolute atomic E-state index is 0.170. The molecule has 1 heterocycles. The molecule has 142 valence electrons. The summed E-state index contributed by atoms with van der Waals surface area (Å²) < 4.78 is 11.0. The van der Waals surface area contributed by atoms with E-state index in [4.69, 9.17) is 14.3 Å². The van der Waals surface area contributed by atoms with Crippen molar-refractivity contribution in [2.24, 2.45) is 11.1 Å². The number of rotatable bonds is 6. The summed E-state index contributed by atoms with van der Waals surface area (Å²) in [7, 11) is 5.63. The minimum atomic E-state index is 0.170. The van der Waals surface area contributed by atoms with Crippen LogP contribution in [-0.4, -0.2) is 51.1 Å². The molecule has 0 radical (unpaired) electrons. The highest BCUT2D eigenvalue weighted by atomic mass is 16.6. The van der Waals surface area contributed by atoms with Crippen molar-refractivity contribution in [1.82, 2.24) is 4.90 Å². The van der Waals surface area contributed by atoms with E-state index < -0.39 is 0 Å². The summed E-state index contributed by atoms with van der Waals surface area (Å²) in [5.41, 5.74) is 2.76. The standard InChI is InChI=1S/C21H30N2O3/c1-23-11-10-21(16-6-7-18(24-2)19(12-16)25-3)9-8-17(13-20(21)23)22-26-14-15-4-5-15/h6-7,12,15,20H,4-5,8-11,13-14H2,1-3H3. The maximum Gasteiger partial charge on any atom is 0.161 e. The van der Waals surface area contributed by atoms with Gasteiger partial charge in [-0.3, -0.25) is 0 Å². The lowest BCUT2D eigenvalue weighted by molar-refractivity contribution is 0.129. The van der Waals surface area contributed by atoms with Crippen LogP contribution in [0.15, 0.2) is 23.4 Å². The van der Waals surface area contributed by atoms with Crippen molar-refractivity contribution in [2.75, 3.05) is 34.4 Å². The number of ether oxygens (including phenoxy) is 2. The van der Waals surface area contributed by atoms with Gasteiger partial charge in [-0.05, 0) is 69.3 Å². The maximum atomic E-state index is 5.62. The smallest absolute Gasteiger partial charge is 0.161 e. The summed E-state index contributed by atoms with van der Waals surface area (Å²) >= 11 is 0. The molecule has 5 nitrogen and oxygen atoms in total. The quantitative estimate of drug-likeness (QED) is 0.729. The Labute approximate surface area is 156 Å². The fraction of sp³-hybridized carbons (Fsp3) is 0.667. The predicted octanol–water partition coefficient (Wildman–Crippen LogP) is 3.61. The molecule has 4 rings (SSSR count). The number of benzene rings is 1. The molecule has 1 saturated heterocycles. The van der Waals surface area contributed by atoms with Crippen LogP contribution in [0.1, 0.15) is 44.1 Å². The number of likely N-dealkylation sites (tertiary alicyclic amines) is 1. The van der Waals surface area contributed by atoms with Gasteiger partial charge in [0.25, 0.3) is 0 Å². The lowest BCUT2D eigenvalue weighted by atomic mass is 9.65. The molecule has 3 fully saturated rings. The lowest BCUT2D eigenvalue weighted by Gasteiger charge is -2.42. The van der Waals surface area contributed by atoms with Crippen molar-refractivity contribution in [3.05, 3.63) is 23.8 Å². The van der Waals surface area contributed by atoms with Crippen molar-refractivity contribution in [3.63, 3.8) is 0 Å². The van der Waals surface area contributed by atoms with E-state index in [9.17, 15) is 0 Å². The molecule has 1 aromatic carbocycles. The van der Waals surface area contributed by atoms with Crippen LogP contribution < -0.4 is 9.47 Å². The van der Waals surface area contributed by atoms with E-state index in [0.29, 0.717) is 6.04 Å². The molecule has 2 saturated carbocycles. The second-order valence-corrected chi connectivity index (χ2v) is 8.07. The molecule has 2 atom stereocenters. The van der Waals surface area contributed by atoms with Crippen LogP contribution in [0.2, 0.25) is 0 Å². The second-order valence-electron chi connectivity index (χ2n) is 8.07. The van der Waals surface area contributed by atoms with Gasteiger partial charge in [-0.1, -0.05) is 11.2 Å². The Hall–Kier alpha value is -1.75. The van der Waals surface area contributed by atoms with E-state index in [1.807, 2.05) is 6.07 Å². The van der Waals surface area contributed by atoms with Crippen LogP contribution in [0.3, 0.4) is 0 Å². The Morgan fingerprint density at radius 1 is 1.15 bits per heavy atom. The third kappa shape index (κ3) is 3.18. The number of likely N-dealkylation sites (N-methyl/N-ethyl adjacent to an activating group) is 1. The van der Waals surface area contributed by atoms with Crippen molar-refractivity contribution in [3.8, 4) is 11.5 Å². The van der Waals surface area contributed by atoms with Crippen LogP contribution in [0.5, 0.6) is 11.5 Å². The highest BCUT2D eigenvalue weighted by Gasteiger charge is 2.50. The van der Waals surface area contributed by atoms with E-state index in [-0.39, 0.29) is 5.41 Å². The Bertz CT molecular complexity index is 686. The van der Waals surface area contributed by atoms with Crippen LogP contribution in [0.4, 0.5) is 0 Å². The third-order valence-corrected chi connectivity index (χ3v) is 6.53. The number of fused-ring (bicyclic) bond motifs is 1. The second kappa shape index (κ2) is 7.10. The molecule has 2 unspecified atom stereocenters. The van der Waals surface area contributed by atoms with Gasteiger partial charge in [0.05, 0.1) is 19.9 Å². The zero-order valence-corrected chi connectivity index (χ0v) is 16.2. The molecule has 26 heavy (non-hydrogen) atoms. The van der Waals surface area contributed by atoms with Crippen molar-refractivity contribution in [2.45, 2.75) is 50.0 Å². The topological polar surface area (TPSA) is 43.3 Å². The van der Waals surface area contributed by atoms with E-state index >= 15 is 0 Å². The van der Waals surface area contributed by atoms with Gasteiger partial charge in [0, 0.05) is 17.9 Å². The van der Waals surface area contributed by atoms with Crippen LogP contribution in [-0.2, 0) is 10.3 Å². The normalized spacial score (nSPS) is 30.3. The van der Waals surface area contributed by atoms with E-state index in [1.54, 1.807) is 14.2 Å². The summed E-state index contributed by atoms with van der Waals surface area (Å²) in [6, 6.07) is 6.91. The summed E-state index contributed by atoms with van der Waals surface area (Å²) in [6.07, 6.45) is 6.92. The molecule has 5 heteroatoms. The predicted molar refractivity (Wildman–Crippen MR) is 102 cm³/mol. The molecule has 3 aliphatic rings. The molecule has 2 aliphatic carbocycles. The van der Waals surface area contributed by atoms with Crippen molar-refractivity contribution < 1.29 is 14.3 Å². The highest BCUT2D eigenvalue weighted by molar-refractivity contribution is 5.86. The zero-order valence-electron chi connectivity index (χ0n) is 16.2. The van der Waals surface area contributed by atoms with Gasteiger partial charge in [-0.2, -0.15) is 0 Å². The molecule has 0 amide bonds. The first-order valence-corrected chi connectivity index (χ1v) is 9.77. The number of nitrogens with zero attached hydrogens (tertiary/aromatic N) is 2. The van der Waals surface area contributed by atoms with Crippen LogP contribution in [0.25, 0.3) is 0 Å². The van der Waals surface area contributed by atoms with Gasteiger partial charge in [-0.25, -0.2) is 0 Å². The number of hydrogen-bond acceptors (Lipinski definition) is 5. The van der Waals surface area contributed by atoms with Crippen molar-refractivity contribution in [1.29, 1.82) is 0 Å². The molecule has 0 N–H and O–H groups in total. The summed E-state index contributed by atoms with van der Waals surface area (Å²) in [5.74, 6) is 2.37. The fourth-order valence-corrected chi connectivity index (χ4v) is 4.68. The van der Waals surface area contributed by atoms with Gasteiger partial charge < -0.3 is 19.2 Å². The number of methoxy groups -OCH3 is 2. The summed E-state index contributed by atoms with van der Waals surface area (Å²) in [5, 5.41) is 4.49. The van der Waals surface area contributed by atoms with Crippen LogP contribution >= 0.6 is 0 Å². The monoisotopic (exact) mass is 358 g/mol. The zero-order chi connectivity index (χ0) is 18.1. The SMILES string of the molecule is COc1ccc(C23CCC(=NOCC4CC4)CC2N(C)CC3)cc1OC. The van der Waals surface area contributed by atoms with Crippen molar-refractivity contribution >= 4 is 5.71 Å².